The number of amides is 2. The van der Waals surface area contributed by atoms with Crippen LogP contribution in [0.3, 0.4) is 0 Å². The average molecular weight is 601 g/mol. The van der Waals surface area contributed by atoms with Gasteiger partial charge in [-0.1, -0.05) is 11.2 Å². The van der Waals surface area contributed by atoms with Crippen molar-refractivity contribution in [1.82, 2.24) is 15.2 Å². The van der Waals surface area contributed by atoms with Crippen molar-refractivity contribution >= 4 is 63.4 Å². The summed E-state index contributed by atoms with van der Waals surface area (Å²) in [5.41, 5.74) is 10.6. The van der Waals surface area contributed by atoms with Crippen molar-refractivity contribution < 1.29 is 38.8 Å². The summed E-state index contributed by atoms with van der Waals surface area (Å²) in [5, 5.41) is 26.8. The zero-order valence-corrected chi connectivity index (χ0v) is 23.1. The number of hydrogen-bond donors (Lipinski definition) is 5. The van der Waals surface area contributed by atoms with Gasteiger partial charge in [0.1, 0.15) is 22.8 Å². The lowest BCUT2D eigenvalue weighted by Crippen LogP contribution is -2.71. The number of nitrogens with one attached hydrogen (secondary N) is 1. The molecule has 2 aromatic heterocycles. The van der Waals surface area contributed by atoms with Crippen LogP contribution in [0.1, 0.15) is 25.0 Å². The SMILES string of the molecule is Nc1ccc[n+](C/C=C/C2=C(C(=O)O)N3C(=O)C(NC(=O)/C(=N\OC4(C(=O)O)CCC4)c4csc(N)n4)[C@@H]3SC2)c1. The molecule has 2 aliphatic heterocycles. The summed E-state index contributed by atoms with van der Waals surface area (Å²) in [6, 6.07) is 2.50. The highest BCUT2D eigenvalue weighted by Gasteiger charge is 2.54. The number of carbonyl (C=O) groups excluding carboxylic acids is 2. The highest BCUT2D eigenvalue weighted by atomic mass is 32.2. The number of carboxylic acids is 2. The summed E-state index contributed by atoms with van der Waals surface area (Å²) >= 11 is 2.34. The molecule has 1 aliphatic carbocycles. The topological polar surface area (TPSA) is 214 Å². The molecule has 2 fully saturated rings. The van der Waals surface area contributed by atoms with Gasteiger partial charge in [0, 0.05) is 30.0 Å². The Morgan fingerprint density at radius 1 is 1.32 bits per heavy atom. The molecular formula is C25H26N7O7S2+. The fourth-order valence-corrected chi connectivity index (χ4v) is 6.40. The number of fused-ring (bicyclic) bond motifs is 1. The van der Waals surface area contributed by atoms with Crippen LogP contribution in [0.4, 0.5) is 10.8 Å². The molecule has 1 saturated heterocycles. The van der Waals surface area contributed by atoms with Gasteiger partial charge >= 0.3 is 11.9 Å². The molecular weight excluding hydrogens is 574 g/mol. The number of β-lactam (4-membered cyclic amide) rings is 1. The molecule has 1 saturated carbocycles. The summed E-state index contributed by atoms with van der Waals surface area (Å²) in [4.78, 5) is 60.8. The molecule has 4 heterocycles. The molecule has 0 aromatic carbocycles. The number of hydrogen-bond acceptors (Lipinski definition) is 11. The second kappa shape index (κ2) is 11.2. The highest BCUT2D eigenvalue weighted by Crippen LogP contribution is 2.41. The van der Waals surface area contributed by atoms with Crippen LogP contribution in [-0.4, -0.2) is 72.3 Å². The number of nitrogen functional groups attached to an aromatic ring is 2. The van der Waals surface area contributed by atoms with E-state index in [2.05, 4.69) is 15.5 Å². The highest BCUT2D eigenvalue weighted by molar-refractivity contribution is 8.00. The van der Waals surface area contributed by atoms with Crippen molar-refractivity contribution in [2.24, 2.45) is 5.16 Å². The van der Waals surface area contributed by atoms with Crippen LogP contribution in [0.15, 0.2) is 58.5 Å². The predicted octanol–water partition coefficient (Wildman–Crippen LogP) is 0.318. The smallest absolute Gasteiger partial charge is 0.352 e. The number of aromatic nitrogens is 2. The molecule has 0 spiro atoms. The van der Waals surface area contributed by atoms with Gasteiger partial charge in [0.15, 0.2) is 29.8 Å². The van der Waals surface area contributed by atoms with E-state index in [-0.39, 0.29) is 40.8 Å². The Kier molecular flexibility index (Phi) is 7.68. The number of carbonyl (C=O) groups is 4. The van der Waals surface area contributed by atoms with Gasteiger partial charge in [0.2, 0.25) is 5.60 Å². The maximum Gasteiger partial charge on any atom is 0.352 e. The molecule has 2 atom stereocenters. The van der Waals surface area contributed by atoms with Gasteiger partial charge in [-0.05, 0) is 24.1 Å². The quantitative estimate of drug-likeness (QED) is 0.108. The largest absolute Gasteiger partial charge is 0.478 e. The van der Waals surface area contributed by atoms with Crippen molar-refractivity contribution in [2.75, 3.05) is 17.2 Å². The van der Waals surface area contributed by atoms with Gasteiger partial charge in [-0.2, -0.15) is 4.57 Å². The van der Waals surface area contributed by atoms with Crippen LogP contribution in [0.2, 0.25) is 0 Å². The maximum absolute atomic E-state index is 13.3. The first-order valence-corrected chi connectivity index (χ1v) is 14.4. The summed E-state index contributed by atoms with van der Waals surface area (Å²) in [7, 11) is 0. The van der Waals surface area contributed by atoms with E-state index in [1.165, 1.54) is 17.1 Å². The normalized spacial score (nSPS) is 21.6. The minimum Gasteiger partial charge on any atom is -0.478 e. The van der Waals surface area contributed by atoms with E-state index in [9.17, 15) is 29.4 Å². The minimum atomic E-state index is -1.54. The van der Waals surface area contributed by atoms with Crippen LogP contribution < -0.4 is 21.4 Å². The molecule has 5 rings (SSSR count). The molecule has 16 heteroatoms. The fourth-order valence-electron chi connectivity index (χ4n) is 4.53. The van der Waals surface area contributed by atoms with Crippen molar-refractivity contribution in [3.05, 3.63) is 59.0 Å². The van der Waals surface area contributed by atoms with Crippen LogP contribution in [0, 0.1) is 0 Å². The van der Waals surface area contributed by atoms with Gasteiger partial charge in [0.05, 0.1) is 5.69 Å². The maximum atomic E-state index is 13.3. The third kappa shape index (κ3) is 5.47. The van der Waals surface area contributed by atoms with Crippen LogP contribution in [0.25, 0.3) is 0 Å². The number of carboxylic acid groups (broad SMARTS) is 2. The predicted molar refractivity (Wildman–Crippen MR) is 148 cm³/mol. The molecule has 3 aliphatic rings. The number of aliphatic carboxylic acids is 2. The molecule has 2 aromatic rings. The summed E-state index contributed by atoms with van der Waals surface area (Å²) in [5.74, 6) is -3.62. The zero-order valence-electron chi connectivity index (χ0n) is 21.4. The van der Waals surface area contributed by atoms with E-state index in [4.69, 9.17) is 16.3 Å². The van der Waals surface area contributed by atoms with Crippen LogP contribution in [0.5, 0.6) is 0 Å². The second-order valence-corrected chi connectivity index (χ2v) is 11.5. The Labute approximate surface area is 241 Å². The fraction of sp³-hybridized carbons (Fsp3) is 0.320. The Morgan fingerprint density at radius 2 is 2.10 bits per heavy atom. The minimum absolute atomic E-state index is 0.0568. The first-order valence-electron chi connectivity index (χ1n) is 12.4. The standard InChI is InChI=1S/C25H25N7O7S2/c26-14-5-2-9-31(10-14)8-1-4-13-11-40-21-17(20(34)32(21)18(13)22(35)36)29-19(33)16(15-12-41-24(27)28-15)30-39-25(23(37)38)6-3-7-25/h1-2,4-5,9-10,12,17,21H,3,6-8,11,26H2,(H4-,27,28,29,33,35,36,37,38)/p+1/b4-1+,30-16-/t17?,21-/m0/s1. The van der Waals surface area contributed by atoms with E-state index < -0.39 is 40.8 Å². The third-order valence-corrected chi connectivity index (χ3v) is 8.82. The van der Waals surface area contributed by atoms with Gasteiger partial charge in [-0.15, -0.1) is 23.1 Å². The lowest BCUT2D eigenvalue weighted by Gasteiger charge is -2.49. The molecule has 7 N–H and O–H groups in total. The number of anilines is 2. The number of thiazole rings is 1. The van der Waals surface area contributed by atoms with Gasteiger partial charge in [0.25, 0.3) is 11.8 Å². The Morgan fingerprint density at radius 3 is 2.71 bits per heavy atom. The first kappa shape index (κ1) is 28.1. The summed E-state index contributed by atoms with van der Waals surface area (Å²) in [6.45, 7) is 0.441. The molecule has 14 nitrogen and oxygen atoms in total. The van der Waals surface area contributed by atoms with Gasteiger partial charge < -0.3 is 31.8 Å². The molecule has 1 unspecified atom stereocenters. The number of nitrogens with two attached hydrogens (primary N) is 2. The van der Waals surface area contributed by atoms with E-state index in [0.717, 1.165) is 16.2 Å². The van der Waals surface area contributed by atoms with E-state index in [1.54, 1.807) is 30.5 Å². The number of pyridine rings is 1. The second-order valence-electron chi connectivity index (χ2n) is 9.53. The van der Waals surface area contributed by atoms with E-state index in [0.29, 0.717) is 24.2 Å². The van der Waals surface area contributed by atoms with Crippen molar-refractivity contribution in [3.63, 3.8) is 0 Å². The average Bonchev–Trinajstić information content (AvgIpc) is 3.33. The number of rotatable bonds is 10. The van der Waals surface area contributed by atoms with Crippen molar-refractivity contribution in [3.8, 4) is 0 Å². The number of allylic oxidation sites excluding steroid dienone is 2. The number of oxime groups is 1. The lowest BCUT2D eigenvalue weighted by molar-refractivity contribution is -0.686. The number of thioether (sulfide) groups is 1. The third-order valence-electron chi connectivity index (χ3n) is 6.85. The molecule has 214 valence electrons. The summed E-state index contributed by atoms with van der Waals surface area (Å²) in [6.07, 6.45) is 8.09. The van der Waals surface area contributed by atoms with Crippen LogP contribution >= 0.6 is 23.1 Å². The molecule has 41 heavy (non-hydrogen) atoms. The monoisotopic (exact) mass is 600 g/mol. The van der Waals surface area contributed by atoms with E-state index in [1.807, 2.05) is 10.8 Å². The number of nitrogens with zero attached hydrogens (tertiary/aromatic N) is 4. The van der Waals surface area contributed by atoms with Crippen LogP contribution in [-0.2, 0) is 30.6 Å². The summed E-state index contributed by atoms with van der Waals surface area (Å²) < 4.78 is 1.83. The lowest BCUT2D eigenvalue weighted by atomic mass is 9.80. The Hall–Kier alpha value is -4.44. The van der Waals surface area contributed by atoms with Crippen molar-refractivity contribution in [2.45, 2.75) is 42.8 Å². The first-order chi connectivity index (χ1) is 19.6. The molecule has 0 radical (unpaired) electrons. The Bertz CT molecular complexity index is 1510. The van der Waals surface area contributed by atoms with Gasteiger partial charge in [-0.3, -0.25) is 14.5 Å². The van der Waals surface area contributed by atoms with Gasteiger partial charge in [-0.25, -0.2) is 14.6 Å². The van der Waals surface area contributed by atoms with Crippen molar-refractivity contribution in [1.29, 1.82) is 0 Å². The Balaban J connectivity index is 1.32. The zero-order chi connectivity index (χ0) is 29.3. The molecule has 2 amide bonds. The molecule has 0 bridgehead atoms. The van der Waals surface area contributed by atoms with E-state index >= 15 is 0 Å².